The van der Waals surface area contributed by atoms with Crippen LogP contribution in [0.15, 0.2) is 59.4 Å². The van der Waals surface area contributed by atoms with Gasteiger partial charge in [0.1, 0.15) is 11.4 Å². The van der Waals surface area contributed by atoms with Crippen LogP contribution in [0.1, 0.15) is 42.7 Å². The molecule has 0 radical (unpaired) electrons. The van der Waals surface area contributed by atoms with Gasteiger partial charge in [-0.05, 0) is 57.9 Å². The van der Waals surface area contributed by atoms with E-state index in [-0.39, 0.29) is 17.9 Å². The SMILES string of the molecule is CCOc1ccccc1CNC(=O)CCc1c(C)c2c(C)nn(-c3ccccc3)c2n(CC)c1=O. The monoisotopic (exact) mass is 472 g/mol. The lowest BCUT2D eigenvalue weighted by atomic mass is 10.0. The number of hydrogen-bond donors (Lipinski definition) is 1. The van der Waals surface area contributed by atoms with E-state index < -0.39 is 0 Å². The number of pyridine rings is 1. The minimum Gasteiger partial charge on any atom is -0.494 e. The molecule has 0 aliphatic carbocycles. The Morgan fingerprint density at radius 2 is 1.74 bits per heavy atom. The van der Waals surface area contributed by atoms with Crippen molar-refractivity contribution in [3.63, 3.8) is 0 Å². The predicted octanol–water partition coefficient (Wildman–Crippen LogP) is 4.47. The lowest BCUT2D eigenvalue weighted by Crippen LogP contribution is -2.28. The summed E-state index contributed by atoms with van der Waals surface area (Å²) in [5.74, 6) is 0.670. The van der Waals surface area contributed by atoms with Gasteiger partial charge in [0.25, 0.3) is 5.56 Å². The normalized spacial score (nSPS) is 11.1. The molecule has 0 saturated heterocycles. The third-order valence-electron chi connectivity index (χ3n) is 6.29. The number of rotatable bonds is 9. The summed E-state index contributed by atoms with van der Waals surface area (Å²) in [7, 11) is 0. The van der Waals surface area contributed by atoms with Gasteiger partial charge in [0, 0.05) is 36.0 Å². The molecule has 35 heavy (non-hydrogen) atoms. The van der Waals surface area contributed by atoms with E-state index in [0.29, 0.717) is 31.7 Å². The molecule has 0 aliphatic rings. The number of para-hydroxylation sites is 2. The number of nitrogens with one attached hydrogen (secondary N) is 1. The highest BCUT2D eigenvalue weighted by molar-refractivity contribution is 5.85. The summed E-state index contributed by atoms with van der Waals surface area (Å²) < 4.78 is 9.25. The Morgan fingerprint density at radius 1 is 1.03 bits per heavy atom. The molecule has 4 aromatic rings. The molecule has 182 valence electrons. The molecule has 7 nitrogen and oxygen atoms in total. The Balaban J connectivity index is 1.59. The molecule has 0 fully saturated rings. The second kappa shape index (κ2) is 10.6. The number of aryl methyl sites for hydroxylation is 3. The lowest BCUT2D eigenvalue weighted by molar-refractivity contribution is -0.121. The van der Waals surface area contributed by atoms with E-state index in [1.165, 1.54) is 0 Å². The summed E-state index contributed by atoms with van der Waals surface area (Å²) in [5.41, 5.74) is 4.98. The molecule has 0 bridgehead atoms. The fourth-order valence-corrected chi connectivity index (χ4v) is 4.58. The second-order valence-corrected chi connectivity index (χ2v) is 8.50. The van der Waals surface area contributed by atoms with Crippen molar-refractivity contribution < 1.29 is 9.53 Å². The summed E-state index contributed by atoms with van der Waals surface area (Å²) in [4.78, 5) is 26.2. The van der Waals surface area contributed by atoms with Crippen molar-refractivity contribution in [1.29, 1.82) is 0 Å². The van der Waals surface area contributed by atoms with Crippen molar-refractivity contribution >= 4 is 16.9 Å². The topological polar surface area (TPSA) is 78.2 Å². The third kappa shape index (κ3) is 4.85. The number of ether oxygens (including phenoxy) is 1. The quantitative estimate of drug-likeness (QED) is 0.390. The number of nitrogens with zero attached hydrogens (tertiary/aromatic N) is 3. The minimum atomic E-state index is -0.102. The molecular formula is C28H32N4O3. The largest absolute Gasteiger partial charge is 0.494 e. The van der Waals surface area contributed by atoms with Crippen LogP contribution in [0.5, 0.6) is 5.75 Å². The highest BCUT2D eigenvalue weighted by atomic mass is 16.5. The maximum atomic E-state index is 13.5. The van der Waals surface area contributed by atoms with Crippen molar-refractivity contribution in [2.45, 2.75) is 53.6 Å². The molecule has 2 heterocycles. The maximum Gasteiger partial charge on any atom is 0.255 e. The zero-order valence-corrected chi connectivity index (χ0v) is 20.8. The number of fused-ring (bicyclic) bond motifs is 1. The third-order valence-corrected chi connectivity index (χ3v) is 6.29. The smallest absolute Gasteiger partial charge is 0.255 e. The lowest BCUT2D eigenvalue weighted by Gasteiger charge is -2.15. The van der Waals surface area contributed by atoms with E-state index in [4.69, 9.17) is 9.84 Å². The van der Waals surface area contributed by atoms with Gasteiger partial charge in [0.2, 0.25) is 5.91 Å². The number of carbonyl (C=O) groups is 1. The van der Waals surface area contributed by atoms with E-state index in [0.717, 1.165) is 39.3 Å². The highest BCUT2D eigenvalue weighted by Gasteiger charge is 2.21. The zero-order chi connectivity index (χ0) is 24.9. The van der Waals surface area contributed by atoms with Gasteiger partial charge in [-0.1, -0.05) is 36.4 Å². The van der Waals surface area contributed by atoms with Crippen LogP contribution in [0, 0.1) is 13.8 Å². The molecule has 1 amide bonds. The average Bonchev–Trinajstić information content (AvgIpc) is 3.21. The number of aromatic nitrogens is 3. The second-order valence-electron chi connectivity index (χ2n) is 8.50. The van der Waals surface area contributed by atoms with Crippen molar-refractivity contribution in [2.75, 3.05) is 6.61 Å². The van der Waals surface area contributed by atoms with Crippen LogP contribution in [0.3, 0.4) is 0 Å². The van der Waals surface area contributed by atoms with E-state index >= 15 is 0 Å². The van der Waals surface area contributed by atoms with Gasteiger partial charge in [0.15, 0.2) is 0 Å². The fraction of sp³-hybridized carbons (Fsp3) is 0.321. The van der Waals surface area contributed by atoms with Crippen LogP contribution < -0.4 is 15.6 Å². The first-order valence-electron chi connectivity index (χ1n) is 12.1. The predicted molar refractivity (Wildman–Crippen MR) is 138 cm³/mol. The van der Waals surface area contributed by atoms with E-state index in [1.54, 1.807) is 4.57 Å². The molecule has 1 N–H and O–H groups in total. The standard InChI is InChI=1S/C28H32N4O3/c1-5-31-27-26(20(4)30-32(27)22-13-8-7-9-14-22)19(3)23(28(31)34)16-17-25(33)29-18-21-12-10-11-15-24(21)35-6-2/h7-15H,5-6,16-18H2,1-4H3,(H,29,33). The van der Waals surface area contributed by atoms with Gasteiger partial charge in [-0.25, -0.2) is 4.68 Å². The molecule has 4 rings (SSSR count). The van der Waals surface area contributed by atoms with Gasteiger partial charge in [-0.2, -0.15) is 5.10 Å². The molecule has 0 aliphatic heterocycles. The molecule has 0 unspecified atom stereocenters. The molecular weight excluding hydrogens is 440 g/mol. The van der Waals surface area contributed by atoms with Gasteiger partial charge in [-0.3, -0.25) is 14.2 Å². The first-order valence-corrected chi connectivity index (χ1v) is 12.1. The van der Waals surface area contributed by atoms with Crippen molar-refractivity contribution in [3.8, 4) is 11.4 Å². The van der Waals surface area contributed by atoms with E-state index in [2.05, 4.69) is 5.32 Å². The van der Waals surface area contributed by atoms with Gasteiger partial charge >= 0.3 is 0 Å². The van der Waals surface area contributed by atoms with Crippen molar-refractivity contribution in [2.24, 2.45) is 0 Å². The first kappa shape index (κ1) is 24.3. The van der Waals surface area contributed by atoms with Crippen LogP contribution in [0.4, 0.5) is 0 Å². The first-order chi connectivity index (χ1) is 17.0. The van der Waals surface area contributed by atoms with Crippen LogP contribution in [0.25, 0.3) is 16.7 Å². The molecule has 2 aromatic carbocycles. The van der Waals surface area contributed by atoms with E-state index in [1.807, 2.05) is 87.0 Å². The van der Waals surface area contributed by atoms with E-state index in [9.17, 15) is 9.59 Å². The number of amides is 1. The minimum absolute atomic E-state index is 0.0657. The van der Waals surface area contributed by atoms with Crippen LogP contribution in [-0.2, 0) is 24.3 Å². The zero-order valence-electron chi connectivity index (χ0n) is 20.8. The van der Waals surface area contributed by atoms with Crippen LogP contribution in [0.2, 0.25) is 0 Å². The Bertz CT molecular complexity index is 1400. The van der Waals surface area contributed by atoms with Gasteiger partial charge < -0.3 is 10.1 Å². The number of benzene rings is 2. The van der Waals surface area contributed by atoms with Gasteiger partial charge in [-0.15, -0.1) is 0 Å². The number of hydrogen-bond acceptors (Lipinski definition) is 4. The summed E-state index contributed by atoms with van der Waals surface area (Å²) in [5, 5.41) is 8.69. The molecule has 0 spiro atoms. The molecule has 2 aromatic heterocycles. The van der Waals surface area contributed by atoms with Crippen LogP contribution >= 0.6 is 0 Å². The Kier molecular flexibility index (Phi) is 7.34. The highest BCUT2D eigenvalue weighted by Crippen LogP contribution is 2.26. The van der Waals surface area contributed by atoms with Crippen molar-refractivity contribution in [3.05, 3.63) is 87.3 Å². The molecule has 7 heteroatoms. The van der Waals surface area contributed by atoms with Gasteiger partial charge in [0.05, 0.1) is 18.0 Å². The molecule has 0 atom stereocenters. The Labute approximate surface area is 205 Å². The molecule has 0 saturated carbocycles. The Morgan fingerprint density at radius 3 is 2.46 bits per heavy atom. The average molecular weight is 473 g/mol. The number of carbonyl (C=O) groups excluding carboxylic acids is 1. The van der Waals surface area contributed by atoms with Crippen molar-refractivity contribution in [1.82, 2.24) is 19.7 Å². The van der Waals surface area contributed by atoms with Crippen LogP contribution in [-0.4, -0.2) is 26.9 Å². The fourth-order valence-electron chi connectivity index (χ4n) is 4.58. The Hall–Kier alpha value is -3.87. The summed E-state index contributed by atoms with van der Waals surface area (Å²) in [6.07, 6.45) is 0.601. The summed E-state index contributed by atoms with van der Waals surface area (Å²) in [6, 6.07) is 17.5. The summed E-state index contributed by atoms with van der Waals surface area (Å²) in [6.45, 7) is 9.28. The summed E-state index contributed by atoms with van der Waals surface area (Å²) >= 11 is 0. The maximum absolute atomic E-state index is 13.5.